The van der Waals surface area contributed by atoms with Crippen molar-refractivity contribution in [2.45, 2.75) is 40.2 Å². The highest BCUT2D eigenvalue weighted by atomic mass is 127. The van der Waals surface area contributed by atoms with Crippen molar-refractivity contribution < 1.29 is 0 Å². The van der Waals surface area contributed by atoms with Gasteiger partial charge in [-0.25, -0.2) is 4.98 Å². The summed E-state index contributed by atoms with van der Waals surface area (Å²) in [5.74, 6) is 0.877. The Bertz CT molecular complexity index is 608. The molecule has 1 atom stereocenters. The van der Waals surface area contributed by atoms with E-state index in [2.05, 4.69) is 65.8 Å². The molecular formula is C16H25IN4S2. The molecule has 1 unspecified atom stereocenters. The monoisotopic (exact) mass is 464 g/mol. The second-order valence-corrected chi connectivity index (χ2v) is 7.40. The van der Waals surface area contributed by atoms with Crippen LogP contribution in [0.2, 0.25) is 0 Å². The number of guanidine groups is 1. The molecule has 2 heterocycles. The van der Waals surface area contributed by atoms with Crippen molar-refractivity contribution in [3.05, 3.63) is 38.0 Å². The third kappa shape index (κ3) is 6.39. The molecule has 0 radical (unpaired) electrons. The molecule has 0 fully saturated rings. The minimum absolute atomic E-state index is 0. The van der Waals surface area contributed by atoms with Gasteiger partial charge in [0.1, 0.15) is 0 Å². The summed E-state index contributed by atoms with van der Waals surface area (Å²) in [4.78, 5) is 11.8. The number of aromatic nitrogens is 1. The Balaban J connectivity index is 0.00000264. The third-order valence-corrected chi connectivity index (χ3v) is 5.46. The molecule has 23 heavy (non-hydrogen) atoms. The summed E-state index contributed by atoms with van der Waals surface area (Å²) in [6.07, 6.45) is 0.946. The minimum atomic E-state index is 0. The van der Waals surface area contributed by atoms with Gasteiger partial charge in [-0.3, -0.25) is 4.99 Å². The van der Waals surface area contributed by atoms with E-state index >= 15 is 0 Å². The summed E-state index contributed by atoms with van der Waals surface area (Å²) in [5.41, 5.74) is 1.14. The van der Waals surface area contributed by atoms with Crippen LogP contribution in [-0.2, 0) is 6.42 Å². The Hall–Kier alpha value is -0.670. The van der Waals surface area contributed by atoms with Gasteiger partial charge in [-0.2, -0.15) is 0 Å². The lowest BCUT2D eigenvalue weighted by Crippen LogP contribution is -2.38. The molecule has 7 heteroatoms. The van der Waals surface area contributed by atoms with Crippen LogP contribution in [0.3, 0.4) is 0 Å². The number of nitrogens with zero attached hydrogens (tertiary/aromatic N) is 2. The van der Waals surface area contributed by atoms with Gasteiger partial charge in [0.15, 0.2) is 5.96 Å². The number of thiophene rings is 1. The quantitative estimate of drug-likeness (QED) is 0.381. The Labute approximate surface area is 163 Å². The highest BCUT2D eigenvalue weighted by Gasteiger charge is 2.09. The summed E-state index contributed by atoms with van der Waals surface area (Å²) in [7, 11) is 0. The number of nitrogens with one attached hydrogen (secondary N) is 2. The fourth-order valence-electron chi connectivity index (χ4n) is 2.21. The van der Waals surface area contributed by atoms with E-state index in [1.54, 1.807) is 22.7 Å². The van der Waals surface area contributed by atoms with Crippen LogP contribution < -0.4 is 10.6 Å². The van der Waals surface area contributed by atoms with Crippen molar-refractivity contribution in [3.63, 3.8) is 0 Å². The Kier molecular flexibility index (Phi) is 9.08. The van der Waals surface area contributed by atoms with Crippen LogP contribution in [0.1, 0.15) is 40.3 Å². The molecule has 0 spiro atoms. The number of rotatable bonds is 6. The van der Waals surface area contributed by atoms with E-state index in [9.17, 15) is 0 Å². The lowest BCUT2D eigenvalue weighted by Gasteiger charge is -2.16. The zero-order valence-electron chi connectivity index (χ0n) is 14.0. The van der Waals surface area contributed by atoms with Gasteiger partial charge >= 0.3 is 0 Å². The first kappa shape index (κ1) is 20.4. The van der Waals surface area contributed by atoms with Gasteiger partial charge in [-0.15, -0.1) is 46.7 Å². The van der Waals surface area contributed by atoms with Crippen molar-refractivity contribution in [2.75, 3.05) is 13.1 Å². The minimum Gasteiger partial charge on any atom is -0.357 e. The average Bonchev–Trinajstić information content (AvgIpc) is 3.09. The number of aryl methyl sites for hydroxylation is 2. The molecule has 4 nitrogen and oxygen atoms in total. The lowest BCUT2D eigenvalue weighted by molar-refractivity contribution is 0.697. The van der Waals surface area contributed by atoms with Crippen LogP contribution in [0, 0.1) is 13.8 Å². The van der Waals surface area contributed by atoms with Gasteiger partial charge in [-0.05, 0) is 39.1 Å². The van der Waals surface area contributed by atoms with Gasteiger partial charge < -0.3 is 10.6 Å². The topological polar surface area (TPSA) is 49.3 Å². The standard InChI is InChI=1S/C16H24N4S2.HI/c1-5-17-16(20-11(2)14-7-6-10-21-14)18-9-8-15-12(3)19-13(4)22-15;/h6-7,10-11H,5,8-9H2,1-4H3,(H2,17,18,20);1H. The van der Waals surface area contributed by atoms with E-state index in [1.807, 2.05) is 0 Å². The SMILES string of the molecule is CCNC(=NCCc1sc(C)nc1C)NC(C)c1cccs1.I. The Morgan fingerprint density at radius 2 is 2.17 bits per heavy atom. The summed E-state index contributed by atoms with van der Waals surface area (Å²) in [6, 6.07) is 4.50. The van der Waals surface area contributed by atoms with E-state index in [4.69, 9.17) is 0 Å². The summed E-state index contributed by atoms with van der Waals surface area (Å²) >= 11 is 3.54. The summed E-state index contributed by atoms with van der Waals surface area (Å²) in [6.45, 7) is 10.0. The van der Waals surface area contributed by atoms with Crippen molar-refractivity contribution in [2.24, 2.45) is 4.99 Å². The third-order valence-electron chi connectivity index (χ3n) is 3.28. The Morgan fingerprint density at radius 1 is 1.39 bits per heavy atom. The molecule has 128 valence electrons. The molecule has 0 amide bonds. The lowest BCUT2D eigenvalue weighted by atomic mass is 10.3. The molecule has 0 aliphatic rings. The zero-order valence-corrected chi connectivity index (χ0v) is 18.0. The number of hydrogen-bond donors (Lipinski definition) is 2. The smallest absolute Gasteiger partial charge is 0.191 e. The molecule has 2 aromatic heterocycles. The molecule has 0 saturated carbocycles. The van der Waals surface area contributed by atoms with Crippen LogP contribution >= 0.6 is 46.7 Å². The number of hydrogen-bond acceptors (Lipinski definition) is 4. The second kappa shape index (κ2) is 10.2. The van der Waals surface area contributed by atoms with Crippen LogP contribution in [0.15, 0.2) is 22.5 Å². The molecule has 0 aliphatic carbocycles. The maximum Gasteiger partial charge on any atom is 0.191 e. The number of halogens is 1. The first-order valence-corrected chi connectivity index (χ1v) is 9.31. The molecule has 0 aromatic carbocycles. The summed E-state index contributed by atoms with van der Waals surface area (Å²) < 4.78 is 0. The second-order valence-electron chi connectivity index (χ2n) is 5.13. The molecule has 0 aliphatic heterocycles. The first-order chi connectivity index (χ1) is 10.6. The van der Waals surface area contributed by atoms with Crippen LogP contribution in [0.4, 0.5) is 0 Å². The molecule has 2 rings (SSSR count). The van der Waals surface area contributed by atoms with Gasteiger partial charge in [0.2, 0.25) is 0 Å². The highest BCUT2D eigenvalue weighted by molar-refractivity contribution is 14.0. The maximum absolute atomic E-state index is 4.69. The molecule has 2 N–H and O–H groups in total. The van der Waals surface area contributed by atoms with Crippen LogP contribution in [0.25, 0.3) is 0 Å². The van der Waals surface area contributed by atoms with Crippen molar-refractivity contribution in [1.82, 2.24) is 15.6 Å². The van der Waals surface area contributed by atoms with Crippen LogP contribution in [0.5, 0.6) is 0 Å². The van der Waals surface area contributed by atoms with Gasteiger partial charge in [-0.1, -0.05) is 6.07 Å². The van der Waals surface area contributed by atoms with E-state index in [0.29, 0.717) is 0 Å². The van der Waals surface area contributed by atoms with Crippen LogP contribution in [-0.4, -0.2) is 24.0 Å². The zero-order chi connectivity index (χ0) is 15.9. The van der Waals surface area contributed by atoms with Crippen molar-refractivity contribution in [3.8, 4) is 0 Å². The maximum atomic E-state index is 4.69. The molecule has 0 saturated heterocycles. The predicted molar refractivity (Wildman–Crippen MR) is 113 cm³/mol. The van der Waals surface area contributed by atoms with E-state index in [-0.39, 0.29) is 30.0 Å². The van der Waals surface area contributed by atoms with E-state index in [0.717, 1.165) is 36.2 Å². The fraction of sp³-hybridized carbons (Fsp3) is 0.500. The molecular weight excluding hydrogens is 439 g/mol. The average molecular weight is 464 g/mol. The summed E-state index contributed by atoms with van der Waals surface area (Å²) in [5, 5.41) is 10.0. The van der Waals surface area contributed by atoms with Gasteiger partial charge in [0.25, 0.3) is 0 Å². The Morgan fingerprint density at radius 3 is 2.74 bits per heavy atom. The molecule has 0 bridgehead atoms. The van der Waals surface area contributed by atoms with Gasteiger partial charge in [0.05, 0.1) is 16.7 Å². The molecule has 2 aromatic rings. The largest absolute Gasteiger partial charge is 0.357 e. The number of thiazole rings is 1. The first-order valence-electron chi connectivity index (χ1n) is 7.61. The van der Waals surface area contributed by atoms with E-state index < -0.39 is 0 Å². The van der Waals surface area contributed by atoms with Gasteiger partial charge in [0, 0.05) is 29.3 Å². The predicted octanol–water partition coefficient (Wildman–Crippen LogP) is 4.30. The van der Waals surface area contributed by atoms with E-state index in [1.165, 1.54) is 9.75 Å². The fourth-order valence-corrected chi connectivity index (χ4v) is 3.87. The van der Waals surface area contributed by atoms with Crippen molar-refractivity contribution >= 4 is 52.6 Å². The normalized spacial score (nSPS) is 12.6. The van der Waals surface area contributed by atoms with Crippen molar-refractivity contribution in [1.29, 1.82) is 0 Å². The highest BCUT2D eigenvalue weighted by Crippen LogP contribution is 2.18. The number of aliphatic imine (C=N–C) groups is 1.